The Morgan fingerprint density at radius 1 is 1.30 bits per heavy atom. The van der Waals surface area contributed by atoms with Crippen LogP contribution < -0.4 is 5.32 Å². The molecule has 1 fully saturated rings. The van der Waals surface area contributed by atoms with Gasteiger partial charge in [-0.25, -0.2) is 9.97 Å². The van der Waals surface area contributed by atoms with Crippen molar-refractivity contribution in [1.82, 2.24) is 15.3 Å². The fraction of sp³-hybridized carbons (Fsp3) is 0.750. The summed E-state index contributed by atoms with van der Waals surface area (Å²) in [6, 6.07) is 0. The molecule has 4 heteroatoms. The molecule has 2 heterocycles. The standard InChI is InChI=1S/C16H27N3O/c1-11(9-17-4)7-15-12(2)18-16(19-13(15)3)8-14-5-6-20-10-14/h11,14,17H,5-10H2,1-4H3. The molecule has 0 saturated carbocycles. The van der Waals surface area contributed by atoms with E-state index in [0.29, 0.717) is 11.8 Å². The van der Waals surface area contributed by atoms with Gasteiger partial charge in [0.25, 0.3) is 0 Å². The van der Waals surface area contributed by atoms with Crippen LogP contribution in [-0.4, -0.2) is 36.8 Å². The lowest BCUT2D eigenvalue weighted by Crippen LogP contribution is -2.20. The summed E-state index contributed by atoms with van der Waals surface area (Å²) in [5, 5.41) is 3.23. The molecule has 1 aliphatic heterocycles. The van der Waals surface area contributed by atoms with Gasteiger partial charge in [-0.05, 0) is 57.7 Å². The molecule has 20 heavy (non-hydrogen) atoms. The van der Waals surface area contributed by atoms with E-state index < -0.39 is 0 Å². The van der Waals surface area contributed by atoms with Crippen LogP contribution in [0, 0.1) is 25.7 Å². The van der Waals surface area contributed by atoms with Crippen molar-refractivity contribution in [2.75, 3.05) is 26.8 Å². The zero-order valence-electron chi connectivity index (χ0n) is 13.2. The van der Waals surface area contributed by atoms with E-state index in [-0.39, 0.29) is 0 Å². The number of ether oxygens (including phenoxy) is 1. The molecule has 0 radical (unpaired) electrons. The topological polar surface area (TPSA) is 47.0 Å². The van der Waals surface area contributed by atoms with Crippen LogP contribution in [0.4, 0.5) is 0 Å². The van der Waals surface area contributed by atoms with E-state index >= 15 is 0 Å². The summed E-state index contributed by atoms with van der Waals surface area (Å²) < 4.78 is 5.43. The highest BCUT2D eigenvalue weighted by atomic mass is 16.5. The molecule has 1 aliphatic rings. The average molecular weight is 277 g/mol. The third kappa shape index (κ3) is 4.00. The Hall–Kier alpha value is -1.00. The van der Waals surface area contributed by atoms with E-state index in [1.807, 2.05) is 7.05 Å². The summed E-state index contributed by atoms with van der Waals surface area (Å²) in [5.41, 5.74) is 3.61. The number of hydrogen-bond donors (Lipinski definition) is 1. The molecule has 0 spiro atoms. The van der Waals surface area contributed by atoms with Gasteiger partial charge in [0, 0.05) is 31.0 Å². The molecule has 1 N–H and O–H groups in total. The van der Waals surface area contributed by atoms with Crippen LogP contribution in [0.25, 0.3) is 0 Å². The zero-order valence-corrected chi connectivity index (χ0v) is 13.2. The minimum atomic E-state index is 0.600. The molecule has 4 nitrogen and oxygen atoms in total. The largest absolute Gasteiger partial charge is 0.381 e. The monoisotopic (exact) mass is 277 g/mol. The maximum atomic E-state index is 5.43. The van der Waals surface area contributed by atoms with Crippen LogP contribution in [0.3, 0.4) is 0 Å². The van der Waals surface area contributed by atoms with Crippen molar-refractivity contribution in [1.29, 1.82) is 0 Å². The van der Waals surface area contributed by atoms with Gasteiger partial charge in [0.2, 0.25) is 0 Å². The van der Waals surface area contributed by atoms with Gasteiger partial charge in [0.05, 0.1) is 0 Å². The highest BCUT2D eigenvalue weighted by molar-refractivity contribution is 5.25. The Kier molecular flexibility index (Phi) is 5.49. The fourth-order valence-corrected chi connectivity index (χ4v) is 2.97. The van der Waals surface area contributed by atoms with E-state index in [1.165, 1.54) is 5.56 Å². The number of aromatic nitrogens is 2. The maximum Gasteiger partial charge on any atom is 0.129 e. The number of nitrogens with zero attached hydrogens (tertiary/aromatic N) is 2. The van der Waals surface area contributed by atoms with E-state index in [0.717, 1.165) is 56.2 Å². The molecule has 1 saturated heterocycles. The lowest BCUT2D eigenvalue weighted by Gasteiger charge is -2.16. The van der Waals surface area contributed by atoms with E-state index in [9.17, 15) is 0 Å². The van der Waals surface area contributed by atoms with E-state index in [1.54, 1.807) is 0 Å². The summed E-state index contributed by atoms with van der Waals surface area (Å²) in [7, 11) is 2.00. The first-order valence-corrected chi connectivity index (χ1v) is 7.65. The van der Waals surface area contributed by atoms with Crippen LogP contribution in [0.1, 0.15) is 36.1 Å². The second-order valence-corrected chi connectivity index (χ2v) is 6.09. The van der Waals surface area contributed by atoms with Crippen molar-refractivity contribution in [3.63, 3.8) is 0 Å². The predicted molar refractivity (Wildman–Crippen MR) is 80.9 cm³/mol. The second-order valence-electron chi connectivity index (χ2n) is 6.09. The molecular formula is C16H27N3O. The average Bonchev–Trinajstić information content (AvgIpc) is 2.87. The third-order valence-corrected chi connectivity index (χ3v) is 4.07. The van der Waals surface area contributed by atoms with Crippen molar-refractivity contribution in [3.05, 3.63) is 22.8 Å². The number of nitrogens with one attached hydrogen (secondary N) is 1. The van der Waals surface area contributed by atoms with Gasteiger partial charge in [0.15, 0.2) is 0 Å². The number of rotatable bonds is 6. The van der Waals surface area contributed by atoms with Crippen LogP contribution in [0.15, 0.2) is 0 Å². The summed E-state index contributed by atoms with van der Waals surface area (Å²) in [6.07, 6.45) is 3.14. The van der Waals surface area contributed by atoms with Crippen LogP contribution in [0.5, 0.6) is 0 Å². The number of aryl methyl sites for hydroxylation is 2. The fourth-order valence-electron chi connectivity index (χ4n) is 2.97. The van der Waals surface area contributed by atoms with Crippen molar-refractivity contribution in [2.45, 2.75) is 40.0 Å². The van der Waals surface area contributed by atoms with Gasteiger partial charge < -0.3 is 10.1 Å². The Labute approximate surface area is 122 Å². The highest BCUT2D eigenvalue weighted by Crippen LogP contribution is 2.19. The quantitative estimate of drug-likeness (QED) is 0.865. The molecule has 0 amide bonds. The van der Waals surface area contributed by atoms with Gasteiger partial charge >= 0.3 is 0 Å². The van der Waals surface area contributed by atoms with Crippen molar-refractivity contribution in [2.24, 2.45) is 11.8 Å². The lowest BCUT2D eigenvalue weighted by atomic mass is 9.98. The van der Waals surface area contributed by atoms with Gasteiger partial charge in [0.1, 0.15) is 5.82 Å². The summed E-state index contributed by atoms with van der Waals surface area (Å²) in [4.78, 5) is 9.45. The second kappa shape index (κ2) is 7.14. The zero-order chi connectivity index (χ0) is 14.5. The van der Waals surface area contributed by atoms with Crippen LogP contribution >= 0.6 is 0 Å². The minimum Gasteiger partial charge on any atom is -0.381 e. The van der Waals surface area contributed by atoms with Crippen molar-refractivity contribution >= 4 is 0 Å². The first-order chi connectivity index (χ1) is 9.60. The molecule has 0 aromatic carbocycles. The molecule has 1 aromatic rings. The van der Waals surface area contributed by atoms with Gasteiger partial charge in [-0.2, -0.15) is 0 Å². The molecule has 0 bridgehead atoms. The Morgan fingerprint density at radius 2 is 2.00 bits per heavy atom. The predicted octanol–water partition coefficient (Wildman–Crippen LogP) is 2.07. The number of hydrogen-bond acceptors (Lipinski definition) is 4. The molecule has 112 valence electrons. The Bertz CT molecular complexity index is 418. The van der Waals surface area contributed by atoms with Gasteiger partial charge in [-0.3, -0.25) is 0 Å². The molecule has 2 rings (SSSR count). The van der Waals surface area contributed by atoms with Crippen molar-refractivity contribution in [3.8, 4) is 0 Å². The van der Waals surface area contributed by atoms with Gasteiger partial charge in [-0.15, -0.1) is 0 Å². The summed E-state index contributed by atoms with van der Waals surface area (Å²) >= 11 is 0. The summed E-state index contributed by atoms with van der Waals surface area (Å²) in [5.74, 6) is 2.19. The molecule has 1 aromatic heterocycles. The first-order valence-electron chi connectivity index (χ1n) is 7.65. The smallest absolute Gasteiger partial charge is 0.129 e. The van der Waals surface area contributed by atoms with Crippen molar-refractivity contribution < 1.29 is 4.74 Å². The molecule has 0 aliphatic carbocycles. The van der Waals surface area contributed by atoms with E-state index in [2.05, 4.69) is 26.1 Å². The van der Waals surface area contributed by atoms with Crippen LogP contribution in [-0.2, 0) is 17.6 Å². The maximum absolute atomic E-state index is 5.43. The third-order valence-electron chi connectivity index (χ3n) is 4.07. The molecule has 2 unspecified atom stereocenters. The normalized spacial score (nSPS) is 20.3. The minimum absolute atomic E-state index is 0.600. The first kappa shape index (κ1) is 15.4. The van der Waals surface area contributed by atoms with Crippen LogP contribution in [0.2, 0.25) is 0 Å². The van der Waals surface area contributed by atoms with E-state index in [4.69, 9.17) is 14.7 Å². The Morgan fingerprint density at radius 3 is 2.55 bits per heavy atom. The SMILES string of the molecule is CNCC(C)Cc1c(C)nc(CC2CCOC2)nc1C. The Balaban J connectivity index is 2.07. The highest BCUT2D eigenvalue weighted by Gasteiger charge is 2.19. The summed E-state index contributed by atoms with van der Waals surface area (Å²) in [6.45, 7) is 9.28. The lowest BCUT2D eigenvalue weighted by molar-refractivity contribution is 0.185. The molecule has 2 atom stereocenters. The molecular weight excluding hydrogens is 250 g/mol. The van der Waals surface area contributed by atoms with Gasteiger partial charge in [-0.1, -0.05) is 6.92 Å².